The summed E-state index contributed by atoms with van der Waals surface area (Å²) in [6, 6.07) is -1.61. The fraction of sp³-hybridized carbons (Fsp3) is 0.615. The van der Waals surface area contributed by atoms with Gasteiger partial charge in [-0.3, -0.25) is 9.59 Å². The molecular formula is C26H32F6N4O4S. The van der Waals surface area contributed by atoms with Gasteiger partial charge >= 0.3 is 18.3 Å². The standard InChI is InChI=1S/C26H32F6N4O4S/c1-4-14(2)20(34-24(41)33-17-12-15(25(27,28)29)11-16(13-17)26(30,31)32)22(38)35-9-5-7-18(35)21(37)36-10-6-8-19(36)23(39)40-3/h11-14,18-20H,4-10H2,1-3H3,(H2,33,34,41)/t14?,18-,19-,20-/m0/s1. The number of rotatable bonds is 7. The van der Waals surface area contributed by atoms with Crippen LogP contribution in [0.25, 0.3) is 0 Å². The summed E-state index contributed by atoms with van der Waals surface area (Å²) in [5, 5.41) is 4.73. The maximum absolute atomic E-state index is 13.7. The van der Waals surface area contributed by atoms with E-state index in [-0.39, 0.29) is 29.5 Å². The number of nitrogens with zero attached hydrogens (tertiary/aromatic N) is 2. The van der Waals surface area contributed by atoms with E-state index in [0.717, 1.165) is 0 Å². The van der Waals surface area contributed by atoms with Gasteiger partial charge in [-0.1, -0.05) is 20.3 Å². The van der Waals surface area contributed by atoms with Crippen LogP contribution in [-0.2, 0) is 31.5 Å². The van der Waals surface area contributed by atoms with Crippen molar-refractivity contribution in [1.82, 2.24) is 15.1 Å². The first-order valence-corrected chi connectivity index (χ1v) is 13.5. The minimum absolute atomic E-state index is 0.00277. The monoisotopic (exact) mass is 610 g/mol. The van der Waals surface area contributed by atoms with Crippen molar-refractivity contribution in [2.75, 3.05) is 25.5 Å². The molecule has 1 aromatic rings. The Bertz CT molecular complexity index is 1130. The van der Waals surface area contributed by atoms with Crippen LogP contribution in [0.3, 0.4) is 0 Å². The molecule has 0 spiro atoms. The summed E-state index contributed by atoms with van der Waals surface area (Å²) in [6.45, 7) is 4.12. The molecule has 2 amide bonds. The van der Waals surface area contributed by atoms with E-state index in [1.807, 2.05) is 0 Å². The maximum atomic E-state index is 13.7. The van der Waals surface area contributed by atoms with E-state index in [1.54, 1.807) is 13.8 Å². The molecule has 0 aliphatic carbocycles. The van der Waals surface area contributed by atoms with Crippen molar-refractivity contribution < 1.29 is 45.5 Å². The predicted molar refractivity (Wildman–Crippen MR) is 141 cm³/mol. The summed E-state index contributed by atoms with van der Waals surface area (Å²) < 4.78 is 84.4. The van der Waals surface area contributed by atoms with Crippen molar-refractivity contribution in [3.8, 4) is 0 Å². The van der Waals surface area contributed by atoms with Crippen molar-refractivity contribution in [1.29, 1.82) is 0 Å². The van der Waals surface area contributed by atoms with Gasteiger partial charge in [-0.25, -0.2) is 4.79 Å². The number of hydrogen-bond acceptors (Lipinski definition) is 5. The first-order chi connectivity index (χ1) is 19.1. The highest BCUT2D eigenvalue weighted by Gasteiger charge is 2.44. The van der Waals surface area contributed by atoms with E-state index >= 15 is 0 Å². The van der Waals surface area contributed by atoms with E-state index in [0.29, 0.717) is 50.8 Å². The Morgan fingerprint density at radius 2 is 1.51 bits per heavy atom. The lowest BCUT2D eigenvalue weighted by Crippen LogP contribution is -2.57. The highest BCUT2D eigenvalue weighted by molar-refractivity contribution is 7.80. The smallest absolute Gasteiger partial charge is 0.416 e. The number of alkyl halides is 6. The molecule has 0 aromatic heterocycles. The van der Waals surface area contributed by atoms with Gasteiger partial charge in [0.1, 0.15) is 18.1 Å². The van der Waals surface area contributed by atoms with Gasteiger partial charge in [-0.05, 0) is 62.0 Å². The van der Waals surface area contributed by atoms with E-state index in [9.17, 15) is 40.7 Å². The number of methoxy groups -OCH3 is 1. The summed E-state index contributed by atoms with van der Waals surface area (Å²) in [5.74, 6) is -1.78. The number of hydrogen-bond donors (Lipinski definition) is 2. The van der Waals surface area contributed by atoms with Crippen LogP contribution >= 0.6 is 12.2 Å². The number of esters is 1. The molecule has 2 heterocycles. The fourth-order valence-electron chi connectivity index (χ4n) is 5.09. The van der Waals surface area contributed by atoms with Gasteiger partial charge in [-0.15, -0.1) is 0 Å². The number of likely N-dealkylation sites (tertiary alicyclic amines) is 2. The summed E-state index contributed by atoms with van der Waals surface area (Å²) >= 11 is 5.19. The molecule has 0 saturated carbocycles. The molecule has 2 aliphatic heterocycles. The van der Waals surface area contributed by atoms with Crippen LogP contribution in [0.4, 0.5) is 32.0 Å². The van der Waals surface area contributed by atoms with Gasteiger partial charge in [0.25, 0.3) is 0 Å². The number of benzene rings is 1. The molecule has 15 heteroatoms. The molecule has 41 heavy (non-hydrogen) atoms. The van der Waals surface area contributed by atoms with E-state index in [4.69, 9.17) is 17.0 Å². The topological polar surface area (TPSA) is 91.0 Å². The Hall–Kier alpha value is -3.10. The number of halogens is 6. The molecule has 8 nitrogen and oxygen atoms in total. The van der Waals surface area contributed by atoms with Crippen molar-refractivity contribution in [3.05, 3.63) is 29.3 Å². The Labute approximate surface area is 238 Å². The normalized spacial score (nSPS) is 20.9. The SMILES string of the molecule is CCC(C)[C@H](NC(=S)Nc1cc(C(F)(F)F)cc(C(F)(F)F)c1)C(=O)N1CCC[C@H]1C(=O)N1CCC[C@H]1C(=O)OC. The third-order valence-electron chi connectivity index (χ3n) is 7.44. The summed E-state index contributed by atoms with van der Waals surface area (Å²) in [5.41, 5.74) is -3.59. The second kappa shape index (κ2) is 12.8. The van der Waals surface area contributed by atoms with Crippen LogP contribution in [-0.4, -0.2) is 71.0 Å². The first kappa shape index (κ1) is 32.4. The van der Waals surface area contributed by atoms with Crippen LogP contribution in [0.1, 0.15) is 57.1 Å². The number of carbonyl (C=O) groups excluding carboxylic acids is 3. The van der Waals surface area contributed by atoms with Gasteiger partial charge in [-0.2, -0.15) is 26.3 Å². The molecule has 3 rings (SSSR count). The van der Waals surface area contributed by atoms with E-state index in [2.05, 4.69) is 10.6 Å². The Kier molecular flexibility index (Phi) is 10.1. The van der Waals surface area contributed by atoms with Crippen LogP contribution in [0.15, 0.2) is 18.2 Å². The molecule has 0 radical (unpaired) electrons. The zero-order chi connectivity index (χ0) is 30.7. The highest BCUT2D eigenvalue weighted by Crippen LogP contribution is 2.37. The van der Waals surface area contributed by atoms with Crippen LogP contribution in [0.2, 0.25) is 0 Å². The lowest BCUT2D eigenvalue weighted by Gasteiger charge is -2.34. The van der Waals surface area contributed by atoms with Gasteiger partial charge < -0.3 is 25.2 Å². The Balaban J connectivity index is 1.80. The average Bonchev–Trinajstić information content (AvgIpc) is 3.59. The number of amides is 2. The largest absolute Gasteiger partial charge is 0.467 e. The molecule has 2 fully saturated rings. The van der Waals surface area contributed by atoms with Crippen LogP contribution in [0, 0.1) is 5.92 Å². The summed E-state index contributed by atoms with van der Waals surface area (Å²) in [4.78, 5) is 42.1. The number of thiocarbonyl (C=S) groups is 1. The molecule has 2 saturated heterocycles. The third-order valence-corrected chi connectivity index (χ3v) is 7.66. The minimum atomic E-state index is -5.04. The van der Waals surface area contributed by atoms with Gasteiger partial charge in [0.15, 0.2) is 5.11 Å². The van der Waals surface area contributed by atoms with Crippen molar-refractivity contribution >= 4 is 40.8 Å². The highest BCUT2D eigenvalue weighted by atomic mass is 32.1. The van der Waals surface area contributed by atoms with Crippen molar-refractivity contribution in [3.63, 3.8) is 0 Å². The van der Waals surface area contributed by atoms with Crippen LogP contribution in [0.5, 0.6) is 0 Å². The van der Waals surface area contributed by atoms with Crippen LogP contribution < -0.4 is 10.6 Å². The van der Waals surface area contributed by atoms with Gasteiger partial charge in [0, 0.05) is 18.8 Å². The number of ether oxygens (including phenoxy) is 1. The molecule has 2 aliphatic rings. The zero-order valence-electron chi connectivity index (χ0n) is 22.7. The molecular weight excluding hydrogens is 578 g/mol. The van der Waals surface area contributed by atoms with Crippen molar-refractivity contribution in [2.24, 2.45) is 5.92 Å². The lowest BCUT2D eigenvalue weighted by atomic mass is 9.97. The molecule has 4 atom stereocenters. The molecule has 2 N–H and O–H groups in total. The number of carbonyl (C=O) groups is 3. The number of anilines is 1. The van der Waals surface area contributed by atoms with E-state index < -0.39 is 59.2 Å². The number of nitrogens with one attached hydrogen (secondary N) is 2. The zero-order valence-corrected chi connectivity index (χ0v) is 23.5. The maximum Gasteiger partial charge on any atom is 0.416 e. The van der Waals surface area contributed by atoms with E-state index in [1.165, 1.54) is 16.9 Å². The second-order valence-corrected chi connectivity index (χ2v) is 10.6. The minimum Gasteiger partial charge on any atom is -0.467 e. The first-order valence-electron chi connectivity index (χ1n) is 13.1. The Morgan fingerprint density at radius 1 is 0.976 bits per heavy atom. The lowest BCUT2D eigenvalue weighted by molar-refractivity contribution is -0.154. The third kappa shape index (κ3) is 7.60. The average molecular weight is 611 g/mol. The predicted octanol–water partition coefficient (Wildman–Crippen LogP) is 4.58. The molecule has 228 valence electrons. The van der Waals surface area contributed by atoms with Gasteiger partial charge in [0.05, 0.1) is 18.2 Å². The Morgan fingerprint density at radius 3 is 2.02 bits per heavy atom. The molecule has 0 bridgehead atoms. The fourth-order valence-corrected chi connectivity index (χ4v) is 5.33. The molecule has 1 unspecified atom stereocenters. The van der Waals surface area contributed by atoms with Gasteiger partial charge in [0.2, 0.25) is 11.8 Å². The molecule has 1 aromatic carbocycles. The quantitative estimate of drug-likeness (QED) is 0.266. The summed E-state index contributed by atoms with van der Waals surface area (Å²) in [7, 11) is 1.23. The summed E-state index contributed by atoms with van der Waals surface area (Å²) in [6.07, 6.45) is -7.66. The van der Waals surface area contributed by atoms with Crippen molar-refractivity contribution in [2.45, 2.75) is 76.4 Å². The second-order valence-electron chi connectivity index (χ2n) is 10.2.